The summed E-state index contributed by atoms with van der Waals surface area (Å²) >= 11 is 0. The molecule has 1 heteroatoms. The molecule has 1 aliphatic rings. The molecule has 0 N–H and O–H groups in total. The van der Waals surface area contributed by atoms with Gasteiger partial charge in [-0.1, -0.05) is 24.1 Å². The normalized spacial score (nSPS) is 16.4. The summed E-state index contributed by atoms with van der Waals surface area (Å²) in [6, 6.07) is 6.44. The zero-order valence-corrected chi connectivity index (χ0v) is 11.8. The van der Waals surface area contributed by atoms with Crippen LogP contribution in [0.1, 0.15) is 57.1 Å². The van der Waals surface area contributed by atoms with Crippen LogP contribution in [0.15, 0.2) is 23.8 Å². The monoisotopic (exact) mass is 244 g/mol. The van der Waals surface area contributed by atoms with Crippen molar-refractivity contribution in [3.05, 3.63) is 34.9 Å². The van der Waals surface area contributed by atoms with E-state index in [-0.39, 0.29) is 0 Å². The molecule has 1 aliphatic carbocycles. The van der Waals surface area contributed by atoms with Crippen LogP contribution in [0.4, 0.5) is 0 Å². The van der Waals surface area contributed by atoms with E-state index in [1.165, 1.54) is 48.8 Å². The minimum atomic E-state index is 0.437. The van der Waals surface area contributed by atoms with E-state index in [0.29, 0.717) is 6.10 Å². The lowest BCUT2D eigenvalue weighted by Crippen LogP contribution is -2.19. The second-order valence-corrected chi connectivity index (χ2v) is 5.62. The molecule has 1 aromatic rings. The number of aryl methyl sites for hydroxylation is 1. The summed E-state index contributed by atoms with van der Waals surface area (Å²) in [7, 11) is 0. The third-order valence-corrected chi connectivity index (χ3v) is 3.54. The van der Waals surface area contributed by atoms with Crippen molar-refractivity contribution < 1.29 is 4.74 Å². The van der Waals surface area contributed by atoms with Gasteiger partial charge in [0.1, 0.15) is 5.75 Å². The Morgan fingerprint density at radius 1 is 1.17 bits per heavy atom. The Labute approximate surface area is 111 Å². The topological polar surface area (TPSA) is 9.23 Å². The second-order valence-electron chi connectivity index (χ2n) is 5.62. The molecular weight excluding hydrogens is 220 g/mol. The van der Waals surface area contributed by atoms with E-state index in [0.717, 1.165) is 5.75 Å². The highest BCUT2D eigenvalue weighted by molar-refractivity contribution is 5.57. The van der Waals surface area contributed by atoms with Crippen LogP contribution in [0.5, 0.6) is 5.75 Å². The third-order valence-electron chi connectivity index (χ3n) is 3.54. The molecule has 1 aromatic carbocycles. The number of allylic oxidation sites excluding steroid dienone is 1. The van der Waals surface area contributed by atoms with Gasteiger partial charge in [-0.2, -0.15) is 0 Å². The summed E-state index contributed by atoms with van der Waals surface area (Å²) in [6.45, 7) is 6.42. The Kier molecular flexibility index (Phi) is 4.46. The first-order valence-electron chi connectivity index (χ1n) is 7.07. The van der Waals surface area contributed by atoms with E-state index in [1.807, 2.05) is 0 Å². The molecule has 0 heterocycles. The van der Waals surface area contributed by atoms with Gasteiger partial charge in [0.2, 0.25) is 0 Å². The summed E-state index contributed by atoms with van der Waals surface area (Å²) in [5.41, 5.74) is 3.93. The SMILES string of the molecule is CC(C)=Cc1ccc(OC2CCCCC2)cc1C. The highest BCUT2D eigenvalue weighted by atomic mass is 16.5. The van der Waals surface area contributed by atoms with E-state index in [9.17, 15) is 0 Å². The Morgan fingerprint density at radius 3 is 2.50 bits per heavy atom. The molecule has 1 nitrogen and oxygen atoms in total. The number of rotatable bonds is 3. The average Bonchev–Trinajstić information content (AvgIpc) is 2.33. The molecule has 98 valence electrons. The lowest BCUT2D eigenvalue weighted by molar-refractivity contribution is 0.155. The van der Waals surface area contributed by atoms with Gasteiger partial charge < -0.3 is 4.74 Å². The smallest absolute Gasteiger partial charge is 0.120 e. The Bertz CT molecular complexity index is 421. The van der Waals surface area contributed by atoms with Gasteiger partial charge in [-0.3, -0.25) is 0 Å². The largest absolute Gasteiger partial charge is 0.490 e. The zero-order valence-electron chi connectivity index (χ0n) is 11.8. The predicted molar refractivity (Wildman–Crippen MR) is 78.0 cm³/mol. The van der Waals surface area contributed by atoms with Crippen molar-refractivity contribution in [2.75, 3.05) is 0 Å². The van der Waals surface area contributed by atoms with E-state index < -0.39 is 0 Å². The van der Waals surface area contributed by atoms with Crippen molar-refractivity contribution in [1.82, 2.24) is 0 Å². The first-order chi connectivity index (χ1) is 8.65. The standard InChI is InChI=1S/C17H24O/c1-13(2)11-15-9-10-17(12-14(15)3)18-16-7-5-4-6-8-16/h9-12,16H,4-8H2,1-3H3. The van der Waals surface area contributed by atoms with Gasteiger partial charge in [0.15, 0.2) is 0 Å². The molecular formula is C17H24O. The quantitative estimate of drug-likeness (QED) is 0.716. The van der Waals surface area contributed by atoms with Crippen molar-refractivity contribution in [3.8, 4) is 5.75 Å². The molecule has 2 rings (SSSR count). The number of hydrogen-bond acceptors (Lipinski definition) is 1. The number of ether oxygens (including phenoxy) is 1. The fourth-order valence-electron chi connectivity index (χ4n) is 2.57. The summed E-state index contributed by atoms with van der Waals surface area (Å²) in [4.78, 5) is 0. The lowest BCUT2D eigenvalue weighted by Gasteiger charge is -2.23. The van der Waals surface area contributed by atoms with E-state index in [1.54, 1.807) is 0 Å². The first-order valence-corrected chi connectivity index (χ1v) is 7.07. The molecule has 0 aromatic heterocycles. The highest BCUT2D eigenvalue weighted by Gasteiger charge is 2.14. The molecule has 1 fully saturated rings. The minimum Gasteiger partial charge on any atom is -0.490 e. The van der Waals surface area contributed by atoms with Crippen molar-refractivity contribution >= 4 is 6.08 Å². The van der Waals surface area contributed by atoms with Crippen LogP contribution in [-0.4, -0.2) is 6.10 Å². The van der Waals surface area contributed by atoms with Crippen molar-refractivity contribution in [2.24, 2.45) is 0 Å². The van der Waals surface area contributed by atoms with Crippen LogP contribution in [0.3, 0.4) is 0 Å². The van der Waals surface area contributed by atoms with Gasteiger partial charge in [-0.15, -0.1) is 0 Å². The summed E-state index contributed by atoms with van der Waals surface area (Å²) in [5, 5.41) is 0. The van der Waals surface area contributed by atoms with E-state index in [4.69, 9.17) is 4.74 Å². The maximum atomic E-state index is 6.08. The molecule has 0 spiro atoms. The van der Waals surface area contributed by atoms with E-state index in [2.05, 4.69) is 45.0 Å². The predicted octanol–water partition coefficient (Wildman–Crippen LogP) is 5.13. The van der Waals surface area contributed by atoms with Crippen molar-refractivity contribution in [1.29, 1.82) is 0 Å². The molecule has 0 bridgehead atoms. The van der Waals surface area contributed by atoms with Gasteiger partial charge in [-0.05, 0) is 69.7 Å². The molecule has 1 saturated carbocycles. The van der Waals surface area contributed by atoms with Crippen LogP contribution in [-0.2, 0) is 0 Å². The van der Waals surface area contributed by atoms with Crippen LogP contribution in [0, 0.1) is 6.92 Å². The molecule has 0 aliphatic heterocycles. The second kappa shape index (κ2) is 6.08. The first kappa shape index (κ1) is 13.2. The van der Waals surface area contributed by atoms with Crippen LogP contribution in [0.2, 0.25) is 0 Å². The van der Waals surface area contributed by atoms with Crippen molar-refractivity contribution in [2.45, 2.75) is 59.0 Å². The summed E-state index contributed by atoms with van der Waals surface area (Å²) < 4.78 is 6.08. The molecule has 18 heavy (non-hydrogen) atoms. The summed E-state index contributed by atoms with van der Waals surface area (Å²) in [6.07, 6.45) is 9.10. The van der Waals surface area contributed by atoms with Gasteiger partial charge in [0.25, 0.3) is 0 Å². The molecule has 0 amide bonds. The fraction of sp³-hybridized carbons (Fsp3) is 0.529. The zero-order chi connectivity index (χ0) is 13.0. The Balaban J connectivity index is 2.06. The lowest BCUT2D eigenvalue weighted by atomic mass is 9.97. The maximum Gasteiger partial charge on any atom is 0.120 e. The molecule has 0 saturated heterocycles. The van der Waals surface area contributed by atoms with Crippen molar-refractivity contribution in [3.63, 3.8) is 0 Å². The van der Waals surface area contributed by atoms with Crippen LogP contribution in [0.25, 0.3) is 6.08 Å². The van der Waals surface area contributed by atoms with Gasteiger partial charge in [0, 0.05) is 0 Å². The molecule has 0 radical (unpaired) electrons. The molecule has 0 atom stereocenters. The fourth-order valence-corrected chi connectivity index (χ4v) is 2.57. The molecule has 0 unspecified atom stereocenters. The third kappa shape index (κ3) is 3.63. The maximum absolute atomic E-state index is 6.08. The van der Waals surface area contributed by atoms with E-state index >= 15 is 0 Å². The number of hydrogen-bond donors (Lipinski definition) is 0. The van der Waals surface area contributed by atoms with Gasteiger partial charge in [0.05, 0.1) is 6.10 Å². The summed E-state index contributed by atoms with van der Waals surface area (Å²) in [5.74, 6) is 1.03. The van der Waals surface area contributed by atoms with Gasteiger partial charge >= 0.3 is 0 Å². The van der Waals surface area contributed by atoms with Crippen LogP contribution >= 0.6 is 0 Å². The Hall–Kier alpha value is -1.24. The van der Waals surface area contributed by atoms with Gasteiger partial charge in [-0.25, -0.2) is 0 Å². The average molecular weight is 244 g/mol. The van der Waals surface area contributed by atoms with Crippen LogP contribution < -0.4 is 4.74 Å². The number of benzene rings is 1. The highest BCUT2D eigenvalue weighted by Crippen LogP contribution is 2.25. The Morgan fingerprint density at radius 2 is 1.89 bits per heavy atom. The minimum absolute atomic E-state index is 0.437.